The van der Waals surface area contributed by atoms with Crippen molar-refractivity contribution in [1.82, 2.24) is 0 Å². The minimum absolute atomic E-state index is 0.102. The van der Waals surface area contributed by atoms with E-state index in [0.29, 0.717) is 12.8 Å². The number of ether oxygens (including phenoxy) is 3. The maximum absolute atomic E-state index is 12.8. The summed E-state index contributed by atoms with van der Waals surface area (Å²) in [6, 6.07) is 0. The fourth-order valence-electron chi connectivity index (χ4n) is 10.6. The van der Waals surface area contributed by atoms with Crippen molar-refractivity contribution in [2.24, 2.45) is 0 Å². The van der Waals surface area contributed by atoms with Crippen LogP contribution in [0.5, 0.6) is 0 Å². The molecule has 0 fully saturated rings. The Labute approximate surface area is 498 Å². The summed E-state index contributed by atoms with van der Waals surface area (Å²) in [6.45, 7) is 6.49. The number of hydrogen-bond acceptors (Lipinski definition) is 6. The van der Waals surface area contributed by atoms with Gasteiger partial charge in [0.25, 0.3) is 0 Å². The van der Waals surface area contributed by atoms with Gasteiger partial charge in [-0.2, -0.15) is 0 Å². The third-order valence-electron chi connectivity index (χ3n) is 15.8. The Balaban J connectivity index is 4.07. The molecular weight excluding hydrogens is 985 g/mol. The second-order valence-corrected chi connectivity index (χ2v) is 23.8. The molecule has 0 aliphatic carbocycles. The van der Waals surface area contributed by atoms with Crippen LogP contribution in [0, 0.1) is 0 Å². The number of unbranched alkanes of at least 4 members (excludes halogenated alkanes) is 45. The molecule has 0 radical (unpaired) electrons. The molecule has 0 aliphatic rings. The molecule has 80 heavy (non-hydrogen) atoms. The van der Waals surface area contributed by atoms with Crippen LogP contribution >= 0.6 is 0 Å². The summed E-state index contributed by atoms with van der Waals surface area (Å²) < 4.78 is 16.8. The van der Waals surface area contributed by atoms with Crippen LogP contribution in [0.15, 0.2) is 60.8 Å². The molecule has 466 valence electrons. The van der Waals surface area contributed by atoms with Gasteiger partial charge in [-0.3, -0.25) is 14.4 Å². The molecule has 0 aromatic rings. The van der Waals surface area contributed by atoms with Crippen molar-refractivity contribution in [3.05, 3.63) is 60.8 Å². The lowest BCUT2D eigenvalue weighted by Gasteiger charge is -2.18. The fraction of sp³-hybridized carbons (Fsp3) is 0.824. The summed E-state index contributed by atoms with van der Waals surface area (Å²) in [5.41, 5.74) is 0. The Morgan fingerprint density at radius 3 is 0.713 bits per heavy atom. The van der Waals surface area contributed by atoms with Crippen molar-refractivity contribution in [2.45, 2.75) is 380 Å². The van der Waals surface area contributed by atoms with Gasteiger partial charge in [0.2, 0.25) is 0 Å². The summed E-state index contributed by atoms with van der Waals surface area (Å²) in [6.07, 6.45) is 88.9. The Kier molecular flexibility index (Phi) is 66.1. The van der Waals surface area contributed by atoms with Gasteiger partial charge in [0.1, 0.15) is 13.2 Å². The largest absolute Gasteiger partial charge is 0.462 e. The first-order valence-corrected chi connectivity index (χ1v) is 35.3. The summed E-state index contributed by atoms with van der Waals surface area (Å²) in [4.78, 5) is 38.2. The molecule has 6 nitrogen and oxygen atoms in total. The molecular formula is C74H134O6. The maximum atomic E-state index is 12.8. The lowest BCUT2D eigenvalue weighted by molar-refractivity contribution is -0.166. The van der Waals surface area contributed by atoms with E-state index in [-0.39, 0.29) is 31.6 Å². The van der Waals surface area contributed by atoms with E-state index in [1.54, 1.807) is 6.08 Å². The highest BCUT2D eigenvalue weighted by molar-refractivity contribution is 5.72. The maximum Gasteiger partial charge on any atom is 0.310 e. The molecule has 0 spiro atoms. The van der Waals surface area contributed by atoms with Crippen LogP contribution < -0.4 is 0 Å². The van der Waals surface area contributed by atoms with E-state index in [1.807, 2.05) is 6.08 Å². The molecule has 0 aromatic heterocycles. The molecule has 0 aliphatic heterocycles. The van der Waals surface area contributed by atoms with Gasteiger partial charge in [-0.05, 0) is 44.9 Å². The standard InChI is InChI=1S/C74H134O6/c1-4-7-10-13-16-19-22-25-27-28-29-30-31-32-33-34-35-36-37-38-39-40-41-42-43-44-45-46-48-49-52-55-58-61-64-67-73(76)79-70-71(69-78-72(75)66-63-60-57-54-51-24-21-18-15-12-9-6-3)80-74(77)68-65-62-59-56-53-50-47-26-23-20-17-14-11-8-5-2/h8,11,17,20,26,47,53,56,62,65,71H,4-7,9-10,12-16,18-19,21-25,27-46,48-52,54-55,57-61,63-64,66-70H2,1-3H3/b11-8-,20-17-,47-26-,56-53-,65-62-. The summed E-state index contributed by atoms with van der Waals surface area (Å²) >= 11 is 0. The zero-order valence-corrected chi connectivity index (χ0v) is 53.6. The molecule has 1 unspecified atom stereocenters. The molecule has 0 bridgehead atoms. The molecule has 0 amide bonds. The average molecular weight is 1120 g/mol. The highest BCUT2D eigenvalue weighted by Crippen LogP contribution is 2.19. The van der Waals surface area contributed by atoms with E-state index in [2.05, 4.69) is 69.4 Å². The van der Waals surface area contributed by atoms with Gasteiger partial charge in [-0.15, -0.1) is 0 Å². The van der Waals surface area contributed by atoms with Crippen molar-refractivity contribution in [3.8, 4) is 0 Å². The second-order valence-electron chi connectivity index (χ2n) is 23.8. The van der Waals surface area contributed by atoms with E-state index < -0.39 is 12.1 Å². The van der Waals surface area contributed by atoms with Gasteiger partial charge in [-0.1, -0.05) is 370 Å². The van der Waals surface area contributed by atoms with Crippen molar-refractivity contribution in [2.75, 3.05) is 13.2 Å². The van der Waals surface area contributed by atoms with E-state index in [1.165, 1.54) is 263 Å². The molecule has 1 atom stereocenters. The summed E-state index contributed by atoms with van der Waals surface area (Å²) in [5, 5.41) is 0. The van der Waals surface area contributed by atoms with Crippen LogP contribution in [0.4, 0.5) is 0 Å². The van der Waals surface area contributed by atoms with Gasteiger partial charge in [0.15, 0.2) is 6.10 Å². The van der Waals surface area contributed by atoms with E-state index in [9.17, 15) is 14.4 Å². The zero-order chi connectivity index (χ0) is 57.8. The Hall–Kier alpha value is -2.89. The summed E-state index contributed by atoms with van der Waals surface area (Å²) in [7, 11) is 0. The predicted octanol–water partition coefficient (Wildman–Crippen LogP) is 24.3. The third kappa shape index (κ3) is 65.9. The molecule has 0 N–H and O–H groups in total. The lowest BCUT2D eigenvalue weighted by atomic mass is 10.0. The quantitative estimate of drug-likeness (QED) is 0.0261. The zero-order valence-electron chi connectivity index (χ0n) is 53.6. The second kappa shape index (κ2) is 68.6. The number of hydrogen-bond donors (Lipinski definition) is 0. The van der Waals surface area contributed by atoms with Crippen molar-refractivity contribution < 1.29 is 28.6 Å². The third-order valence-corrected chi connectivity index (χ3v) is 15.8. The predicted molar refractivity (Wildman–Crippen MR) is 348 cm³/mol. The molecule has 0 aromatic carbocycles. The normalized spacial score (nSPS) is 12.4. The molecule has 0 rings (SSSR count). The smallest absolute Gasteiger partial charge is 0.310 e. The van der Waals surface area contributed by atoms with Crippen LogP contribution in [0.25, 0.3) is 0 Å². The Bertz CT molecular complexity index is 1430. The molecule has 0 saturated heterocycles. The van der Waals surface area contributed by atoms with Gasteiger partial charge in [0, 0.05) is 12.8 Å². The van der Waals surface area contributed by atoms with E-state index >= 15 is 0 Å². The first-order chi connectivity index (χ1) is 39.5. The highest BCUT2D eigenvalue weighted by Gasteiger charge is 2.19. The van der Waals surface area contributed by atoms with Crippen molar-refractivity contribution >= 4 is 17.9 Å². The number of allylic oxidation sites excluding steroid dienone is 9. The Morgan fingerprint density at radius 1 is 0.263 bits per heavy atom. The Morgan fingerprint density at radius 2 is 0.475 bits per heavy atom. The van der Waals surface area contributed by atoms with Gasteiger partial charge < -0.3 is 14.2 Å². The fourth-order valence-corrected chi connectivity index (χ4v) is 10.6. The summed E-state index contributed by atoms with van der Waals surface area (Å²) in [5.74, 6) is -1.02. The topological polar surface area (TPSA) is 78.9 Å². The molecule has 0 heterocycles. The van der Waals surface area contributed by atoms with Crippen LogP contribution in [0.3, 0.4) is 0 Å². The monoisotopic (exact) mass is 1120 g/mol. The first-order valence-electron chi connectivity index (χ1n) is 35.3. The van der Waals surface area contributed by atoms with E-state index in [0.717, 1.165) is 70.6 Å². The van der Waals surface area contributed by atoms with Gasteiger partial charge in [-0.25, -0.2) is 0 Å². The minimum Gasteiger partial charge on any atom is -0.462 e. The molecule has 0 saturated carbocycles. The van der Waals surface area contributed by atoms with Crippen LogP contribution in [0.1, 0.15) is 374 Å². The van der Waals surface area contributed by atoms with Crippen LogP contribution in [0.2, 0.25) is 0 Å². The number of carbonyl (C=O) groups excluding carboxylic acids is 3. The number of esters is 3. The number of carbonyl (C=O) groups is 3. The van der Waals surface area contributed by atoms with Crippen LogP contribution in [-0.4, -0.2) is 37.2 Å². The highest BCUT2D eigenvalue weighted by atomic mass is 16.6. The van der Waals surface area contributed by atoms with E-state index in [4.69, 9.17) is 14.2 Å². The first kappa shape index (κ1) is 77.1. The van der Waals surface area contributed by atoms with Gasteiger partial charge >= 0.3 is 17.9 Å². The average Bonchev–Trinajstić information content (AvgIpc) is 3.46. The van der Waals surface area contributed by atoms with Gasteiger partial charge in [0.05, 0.1) is 6.42 Å². The number of rotatable bonds is 65. The SMILES string of the molecule is CC/C=C\C/C=C\C/C=C\C/C=C\C/C=C\CC(=O)OC(COC(=O)CCCCCCCCCCCCCC)COC(=O)CCCCCCCCCCCCCCCCCCCCCCCCCCCCCCCCCCCCC. The van der Waals surface area contributed by atoms with Crippen LogP contribution in [-0.2, 0) is 28.6 Å². The van der Waals surface area contributed by atoms with Crippen molar-refractivity contribution in [3.63, 3.8) is 0 Å². The minimum atomic E-state index is -0.826. The molecule has 6 heteroatoms. The lowest BCUT2D eigenvalue weighted by Crippen LogP contribution is -2.30. The van der Waals surface area contributed by atoms with Crippen molar-refractivity contribution in [1.29, 1.82) is 0 Å².